The summed E-state index contributed by atoms with van der Waals surface area (Å²) in [5.41, 5.74) is 3.54. The molecule has 2 aromatic carbocycles. The Balaban J connectivity index is 1.62. The normalized spacial score (nSPS) is 19.4. The topological polar surface area (TPSA) is 46.6 Å². The number of esters is 1. The van der Waals surface area contributed by atoms with E-state index in [1.807, 2.05) is 36.4 Å². The van der Waals surface area contributed by atoms with Gasteiger partial charge in [-0.3, -0.25) is 4.79 Å². The minimum atomic E-state index is -0.728. The van der Waals surface area contributed by atoms with Crippen LogP contribution in [0.4, 0.5) is 5.69 Å². The molecule has 4 heteroatoms. The van der Waals surface area contributed by atoms with Crippen LogP contribution in [0.3, 0.4) is 0 Å². The highest BCUT2D eigenvalue weighted by atomic mass is 16.5. The summed E-state index contributed by atoms with van der Waals surface area (Å²) in [6, 6.07) is 15.2. The van der Waals surface area contributed by atoms with Crippen molar-refractivity contribution >= 4 is 17.6 Å². The van der Waals surface area contributed by atoms with Gasteiger partial charge in [-0.05, 0) is 29.7 Å². The highest BCUT2D eigenvalue weighted by Gasteiger charge is 2.36. The van der Waals surface area contributed by atoms with Crippen LogP contribution in [-0.4, -0.2) is 24.5 Å². The molecule has 0 aliphatic carbocycles. The smallest absolute Gasteiger partial charge is 0.339 e. The number of para-hydroxylation sites is 1. The molecule has 0 saturated carbocycles. The van der Waals surface area contributed by atoms with Crippen molar-refractivity contribution in [2.75, 3.05) is 11.4 Å². The van der Waals surface area contributed by atoms with E-state index in [1.165, 1.54) is 5.56 Å². The van der Waals surface area contributed by atoms with Crippen molar-refractivity contribution in [1.29, 1.82) is 0 Å². The van der Waals surface area contributed by atoms with Crippen LogP contribution in [0.1, 0.15) is 21.5 Å². The number of fused-ring (bicyclic) bond motifs is 2. The molecule has 0 saturated heterocycles. The molecule has 2 aromatic rings. The van der Waals surface area contributed by atoms with Crippen molar-refractivity contribution in [3.63, 3.8) is 0 Å². The van der Waals surface area contributed by atoms with Crippen LogP contribution in [0.5, 0.6) is 0 Å². The third-order valence-corrected chi connectivity index (χ3v) is 4.32. The van der Waals surface area contributed by atoms with Gasteiger partial charge in [-0.25, -0.2) is 4.79 Å². The van der Waals surface area contributed by atoms with Gasteiger partial charge in [-0.2, -0.15) is 0 Å². The molecule has 1 amide bonds. The second-order valence-corrected chi connectivity index (χ2v) is 5.62. The van der Waals surface area contributed by atoms with Crippen LogP contribution >= 0.6 is 0 Å². The van der Waals surface area contributed by atoms with Crippen LogP contribution < -0.4 is 4.90 Å². The van der Waals surface area contributed by atoms with Crippen LogP contribution in [0.15, 0.2) is 48.5 Å². The summed E-state index contributed by atoms with van der Waals surface area (Å²) in [6.07, 6.45) is 0.562. The molecule has 110 valence electrons. The summed E-state index contributed by atoms with van der Waals surface area (Å²) in [5.74, 6) is -0.541. The van der Waals surface area contributed by atoms with Crippen LogP contribution in [0, 0.1) is 0 Å². The van der Waals surface area contributed by atoms with Gasteiger partial charge in [0.25, 0.3) is 5.91 Å². The van der Waals surface area contributed by atoms with Gasteiger partial charge in [0.1, 0.15) is 0 Å². The number of hydrogen-bond acceptors (Lipinski definition) is 3. The zero-order valence-electron chi connectivity index (χ0n) is 12.0. The number of amides is 1. The summed E-state index contributed by atoms with van der Waals surface area (Å²) < 4.78 is 5.37. The number of benzene rings is 2. The zero-order chi connectivity index (χ0) is 15.1. The van der Waals surface area contributed by atoms with Gasteiger partial charge in [0.2, 0.25) is 0 Å². The lowest BCUT2D eigenvalue weighted by molar-refractivity contribution is -0.127. The molecule has 2 aliphatic heterocycles. The number of carbonyl (C=O) groups excluding carboxylic acids is 2. The van der Waals surface area contributed by atoms with E-state index in [4.69, 9.17) is 4.74 Å². The first-order valence-electron chi connectivity index (χ1n) is 7.42. The number of rotatable bonds is 1. The largest absolute Gasteiger partial charge is 0.448 e. The lowest BCUT2D eigenvalue weighted by Gasteiger charge is -2.27. The van der Waals surface area contributed by atoms with Gasteiger partial charge in [-0.1, -0.05) is 36.4 Å². The van der Waals surface area contributed by atoms with Crippen LogP contribution in [0.2, 0.25) is 0 Å². The molecular weight excluding hydrogens is 278 g/mol. The predicted octanol–water partition coefficient (Wildman–Crippen LogP) is 2.36. The minimum Gasteiger partial charge on any atom is -0.448 e. The summed E-state index contributed by atoms with van der Waals surface area (Å²) in [4.78, 5) is 26.6. The SMILES string of the molecule is O=C1OC(C(=O)N2CCc3ccccc32)Cc2ccccc21. The van der Waals surface area contributed by atoms with Gasteiger partial charge in [0, 0.05) is 18.7 Å². The van der Waals surface area contributed by atoms with Crippen molar-refractivity contribution in [3.05, 3.63) is 65.2 Å². The van der Waals surface area contributed by atoms with Crippen LogP contribution in [0.25, 0.3) is 0 Å². The minimum absolute atomic E-state index is 0.132. The van der Waals surface area contributed by atoms with Crippen molar-refractivity contribution in [2.24, 2.45) is 0 Å². The maximum absolute atomic E-state index is 12.8. The highest BCUT2D eigenvalue weighted by Crippen LogP contribution is 2.30. The Morgan fingerprint density at radius 2 is 1.77 bits per heavy atom. The molecule has 0 radical (unpaired) electrons. The average molecular weight is 293 g/mol. The molecule has 2 heterocycles. The molecule has 0 aromatic heterocycles. The first kappa shape index (κ1) is 13.1. The fourth-order valence-electron chi connectivity index (χ4n) is 3.21. The van der Waals surface area contributed by atoms with E-state index in [2.05, 4.69) is 0 Å². The van der Waals surface area contributed by atoms with Crippen molar-refractivity contribution in [2.45, 2.75) is 18.9 Å². The highest BCUT2D eigenvalue weighted by molar-refractivity contribution is 6.02. The molecule has 1 unspecified atom stereocenters. The third kappa shape index (κ3) is 1.99. The molecule has 1 atom stereocenters. The summed E-state index contributed by atoms with van der Waals surface area (Å²) in [5, 5.41) is 0. The quantitative estimate of drug-likeness (QED) is 0.758. The molecule has 0 fully saturated rings. The fraction of sp³-hybridized carbons (Fsp3) is 0.222. The fourth-order valence-corrected chi connectivity index (χ4v) is 3.21. The molecule has 22 heavy (non-hydrogen) atoms. The molecule has 0 spiro atoms. The number of carbonyl (C=O) groups is 2. The summed E-state index contributed by atoms with van der Waals surface area (Å²) >= 11 is 0. The first-order chi connectivity index (χ1) is 10.7. The summed E-state index contributed by atoms with van der Waals surface area (Å²) in [6.45, 7) is 0.647. The van der Waals surface area contributed by atoms with E-state index in [0.29, 0.717) is 18.5 Å². The number of nitrogens with zero attached hydrogens (tertiary/aromatic N) is 1. The molecular formula is C18H15NO3. The third-order valence-electron chi connectivity index (χ3n) is 4.32. The van der Waals surface area contributed by atoms with Gasteiger partial charge in [0.15, 0.2) is 6.10 Å². The standard InChI is InChI=1S/C18H15NO3/c20-17(19-10-9-12-5-2-4-8-15(12)19)16-11-13-6-1-3-7-14(13)18(21)22-16/h1-8,16H,9-11H2. The molecule has 0 bridgehead atoms. The van der Waals surface area contributed by atoms with E-state index >= 15 is 0 Å². The lowest BCUT2D eigenvalue weighted by Crippen LogP contribution is -2.44. The predicted molar refractivity (Wildman–Crippen MR) is 81.8 cm³/mol. The van der Waals surface area contributed by atoms with Crippen LogP contribution in [-0.2, 0) is 22.4 Å². The van der Waals surface area contributed by atoms with Gasteiger partial charge in [0.05, 0.1) is 5.56 Å². The van der Waals surface area contributed by atoms with Gasteiger partial charge < -0.3 is 9.64 Å². The maximum Gasteiger partial charge on any atom is 0.339 e. The Kier molecular flexibility index (Phi) is 2.96. The average Bonchev–Trinajstić information content (AvgIpc) is 2.98. The van der Waals surface area contributed by atoms with Gasteiger partial charge >= 0.3 is 5.97 Å². The number of hydrogen-bond donors (Lipinski definition) is 0. The van der Waals surface area contributed by atoms with E-state index in [0.717, 1.165) is 17.7 Å². The molecule has 4 nitrogen and oxygen atoms in total. The Morgan fingerprint density at radius 1 is 1.05 bits per heavy atom. The number of anilines is 1. The Morgan fingerprint density at radius 3 is 2.64 bits per heavy atom. The second kappa shape index (κ2) is 4.98. The van der Waals surface area contributed by atoms with Crippen molar-refractivity contribution in [3.8, 4) is 0 Å². The van der Waals surface area contributed by atoms with E-state index in [9.17, 15) is 9.59 Å². The summed E-state index contributed by atoms with van der Waals surface area (Å²) in [7, 11) is 0. The number of ether oxygens (including phenoxy) is 1. The Hall–Kier alpha value is -2.62. The first-order valence-corrected chi connectivity index (χ1v) is 7.42. The van der Waals surface area contributed by atoms with Crippen molar-refractivity contribution in [1.82, 2.24) is 0 Å². The van der Waals surface area contributed by atoms with Crippen molar-refractivity contribution < 1.29 is 14.3 Å². The zero-order valence-corrected chi connectivity index (χ0v) is 12.0. The molecule has 0 N–H and O–H groups in total. The Labute approximate surface area is 128 Å². The van der Waals surface area contributed by atoms with E-state index < -0.39 is 12.1 Å². The van der Waals surface area contributed by atoms with E-state index in [-0.39, 0.29) is 5.91 Å². The maximum atomic E-state index is 12.8. The monoisotopic (exact) mass is 293 g/mol. The molecule has 2 aliphatic rings. The second-order valence-electron chi connectivity index (χ2n) is 5.62. The Bertz CT molecular complexity index is 768. The van der Waals surface area contributed by atoms with Gasteiger partial charge in [-0.15, -0.1) is 0 Å². The number of cyclic esters (lactones) is 1. The molecule has 4 rings (SSSR count). The van der Waals surface area contributed by atoms with E-state index in [1.54, 1.807) is 17.0 Å². The lowest BCUT2D eigenvalue weighted by atomic mass is 9.98.